The molecule has 1 saturated heterocycles. The zero-order chi connectivity index (χ0) is 21.8. The van der Waals surface area contributed by atoms with Gasteiger partial charge in [-0.1, -0.05) is 30.4 Å². The number of allylic oxidation sites excluding steroid dienone is 3. The van der Waals surface area contributed by atoms with E-state index in [9.17, 15) is 19.2 Å². The van der Waals surface area contributed by atoms with Crippen LogP contribution in [0.3, 0.4) is 0 Å². The van der Waals surface area contributed by atoms with Crippen molar-refractivity contribution < 1.29 is 23.9 Å². The summed E-state index contributed by atoms with van der Waals surface area (Å²) >= 11 is 1.74. The molecule has 0 spiro atoms. The smallest absolute Gasteiger partial charge is 0.266 e. The van der Waals surface area contributed by atoms with Crippen molar-refractivity contribution in [2.75, 3.05) is 6.61 Å². The first kappa shape index (κ1) is 19.8. The first-order valence-corrected chi connectivity index (χ1v) is 11.0. The van der Waals surface area contributed by atoms with Crippen LogP contribution in [-0.4, -0.2) is 45.9 Å². The maximum absolute atomic E-state index is 13.2. The Hall–Kier alpha value is -3.13. The summed E-state index contributed by atoms with van der Waals surface area (Å²) in [6.07, 6.45) is 8.58. The van der Waals surface area contributed by atoms with Crippen LogP contribution >= 0.6 is 11.8 Å². The second-order valence-corrected chi connectivity index (χ2v) is 9.48. The lowest BCUT2D eigenvalue weighted by molar-refractivity contribution is -0.136. The number of rotatable bonds is 4. The third-order valence-corrected chi connectivity index (χ3v) is 7.47. The molecule has 0 aromatic heterocycles. The maximum atomic E-state index is 13.2. The van der Waals surface area contributed by atoms with E-state index in [-0.39, 0.29) is 34.6 Å². The van der Waals surface area contributed by atoms with Crippen LogP contribution in [0.1, 0.15) is 40.5 Å². The first-order valence-electron chi connectivity index (χ1n) is 10.1. The van der Waals surface area contributed by atoms with Crippen LogP contribution in [0.15, 0.2) is 53.5 Å². The zero-order valence-electron chi connectivity index (χ0n) is 16.8. The number of benzene rings is 1. The molecule has 8 heteroatoms. The lowest BCUT2D eigenvalue weighted by Crippen LogP contribution is -2.54. The molecule has 158 valence electrons. The van der Waals surface area contributed by atoms with Gasteiger partial charge in [0.2, 0.25) is 11.8 Å². The molecule has 0 radical (unpaired) electrons. The van der Waals surface area contributed by atoms with Gasteiger partial charge in [-0.15, -0.1) is 11.8 Å². The Labute approximate surface area is 183 Å². The molecule has 0 bridgehead atoms. The highest BCUT2D eigenvalue weighted by Crippen LogP contribution is 2.48. The molecule has 3 heterocycles. The van der Waals surface area contributed by atoms with Gasteiger partial charge in [-0.05, 0) is 36.5 Å². The van der Waals surface area contributed by atoms with Gasteiger partial charge in [0.25, 0.3) is 11.8 Å². The average Bonchev–Trinajstić information content (AvgIpc) is 3.21. The largest absolute Gasteiger partial charge is 0.488 e. The zero-order valence-corrected chi connectivity index (χ0v) is 17.6. The van der Waals surface area contributed by atoms with E-state index in [1.54, 1.807) is 30.0 Å². The van der Waals surface area contributed by atoms with Gasteiger partial charge in [-0.25, -0.2) is 0 Å². The summed E-state index contributed by atoms with van der Waals surface area (Å²) in [5.74, 6) is -1.60. The number of carbonyl (C=O) groups is 4. The minimum absolute atomic E-state index is 0.0412. The summed E-state index contributed by atoms with van der Waals surface area (Å²) in [6.45, 7) is 2.47. The van der Waals surface area contributed by atoms with Crippen LogP contribution in [0, 0.1) is 5.92 Å². The van der Waals surface area contributed by atoms with E-state index in [0.717, 1.165) is 10.5 Å². The molecular weight excluding hydrogens is 416 g/mol. The number of hydrogen-bond acceptors (Lipinski definition) is 6. The molecule has 3 atom stereocenters. The molecule has 7 nitrogen and oxygen atoms in total. The number of thioether (sulfide) groups is 1. The second-order valence-electron chi connectivity index (χ2n) is 8.13. The van der Waals surface area contributed by atoms with Crippen LogP contribution in [0.5, 0.6) is 5.75 Å². The molecule has 1 aromatic carbocycles. The lowest BCUT2D eigenvalue weighted by Gasteiger charge is -2.29. The molecule has 1 aromatic rings. The number of imide groups is 2. The highest BCUT2D eigenvalue weighted by molar-refractivity contribution is 8.03. The Morgan fingerprint density at radius 1 is 1.19 bits per heavy atom. The first-order chi connectivity index (χ1) is 14.9. The Bertz CT molecular complexity index is 1120. The van der Waals surface area contributed by atoms with Gasteiger partial charge in [-0.2, -0.15) is 0 Å². The molecule has 1 fully saturated rings. The van der Waals surface area contributed by atoms with Crippen molar-refractivity contribution in [2.45, 2.75) is 30.6 Å². The SMILES string of the molecule is CC12C=CC=CC1C(COc1cccc3c1C(=O)N(C1CCC(=O)NC1=O)C3=O)=CS2. The summed E-state index contributed by atoms with van der Waals surface area (Å²) in [7, 11) is 0. The Morgan fingerprint density at radius 2 is 2.03 bits per heavy atom. The number of nitrogens with one attached hydrogen (secondary N) is 1. The van der Waals surface area contributed by atoms with Gasteiger partial charge >= 0.3 is 0 Å². The summed E-state index contributed by atoms with van der Waals surface area (Å²) < 4.78 is 5.99. The molecule has 1 aliphatic carbocycles. The molecule has 4 amide bonds. The molecule has 31 heavy (non-hydrogen) atoms. The predicted octanol–water partition coefficient (Wildman–Crippen LogP) is 2.60. The monoisotopic (exact) mass is 436 g/mol. The number of carbonyl (C=O) groups excluding carboxylic acids is 4. The van der Waals surface area contributed by atoms with Crippen LogP contribution < -0.4 is 10.1 Å². The number of hydrogen-bond donors (Lipinski definition) is 1. The van der Waals surface area contributed by atoms with Crippen molar-refractivity contribution in [3.8, 4) is 5.75 Å². The summed E-state index contributed by atoms with van der Waals surface area (Å²) in [5.41, 5.74) is 1.49. The highest BCUT2D eigenvalue weighted by Gasteiger charge is 2.46. The fraction of sp³-hybridized carbons (Fsp3) is 0.304. The van der Waals surface area contributed by atoms with Crippen molar-refractivity contribution in [3.63, 3.8) is 0 Å². The summed E-state index contributed by atoms with van der Waals surface area (Å²) in [5, 5.41) is 4.30. The molecular formula is C23H20N2O5S. The molecule has 1 N–H and O–H groups in total. The highest BCUT2D eigenvalue weighted by atomic mass is 32.2. The van der Waals surface area contributed by atoms with Crippen molar-refractivity contribution in [3.05, 3.63) is 64.6 Å². The van der Waals surface area contributed by atoms with Gasteiger partial charge < -0.3 is 4.74 Å². The van der Waals surface area contributed by atoms with Gasteiger partial charge in [0.15, 0.2) is 0 Å². The normalized spacial score (nSPS) is 29.1. The molecule has 3 unspecified atom stereocenters. The van der Waals surface area contributed by atoms with Gasteiger partial charge in [0.1, 0.15) is 18.4 Å². The van der Waals surface area contributed by atoms with Crippen molar-refractivity contribution in [2.24, 2.45) is 5.92 Å². The fourth-order valence-electron chi connectivity index (χ4n) is 4.49. The van der Waals surface area contributed by atoms with E-state index >= 15 is 0 Å². The number of piperidine rings is 1. The molecule has 4 aliphatic rings. The minimum Gasteiger partial charge on any atom is -0.488 e. The van der Waals surface area contributed by atoms with E-state index < -0.39 is 29.7 Å². The van der Waals surface area contributed by atoms with Gasteiger partial charge in [0.05, 0.1) is 11.1 Å². The fourth-order valence-corrected chi connectivity index (χ4v) is 5.64. The van der Waals surface area contributed by atoms with Crippen molar-refractivity contribution in [1.29, 1.82) is 0 Å². The Kier molecular flexibility index (Phi) is 4.62. The molecule has 0 saturated carbocycles. The van der Waals surface area contributed by atoms with E-state index in [1.807, 2.05) is 12.2 Å². The third kappa shape index (κ3) is 3.13. The average molecular weight is 436 g/mol. The topological polar surface area (TPSA) is 92.8 Å². The van der Waals surface area contributed by atoms with E-state index in [2.05, 4.69) is 29.8 Å². The van der Waals surface area contributed by atoms with Crippen LogP contribution in [0.2, 0.25) is 0 Å². The summed E-state index contributed by atoms with van der Waals surface area (Å²) in [4.78, 5) is 50.7. The molecule has 5 rings (SSSR count). The van der Waals surface area contributed by atoms with Crippen LogP contribution in [-0.2, 0) is 9.59 Å². The van der Waals surface area contributed by atoms with Gasteiger partial charge in [-0.3, -0.25) is 29.4 Å². The van der Waals surface area contributed by atoms with Crippen LogP contribution in [0.4, 0.5) is 0 Å². The summed E-state index contributed by atoms with van der Waals surface area (Å²) in [6, 6.07) is 3.89. The van der Waals surface area contributed by atoms with Crippen molar-refractivity contribution in [1.82, 2.24) is 10.2 Å². The maximum Gasteiger partial charge on any atom is 0.266 e. The van der Waals surface area contributed by atoms with E-state index in [4.69, 9.17) is 4.74 Å². The minimum atomic E-state index is -0.994. The third-order valence-electron chi connectivity index (χ3n) is 6.15. The lowest BCUT2D eigenvalue weighted by atomic mass is 9.84. The Morgan fingerprint density at radius 3 is 2.84 bits per heavy atom. The second kappa shape index (κ2) is 7.23. The van der Waals surface area contributed by atoms with Crippen molar-refractivity contribution >= 4 is 35.4 Å². The quantitative estimate of drug-likeness (QED) is 0.730. The Balaban J connectivity index is 1.38. The number of amides is 4. The number of ether oxygens (including phenoxy) is 1. The van der Waals surface area contributed by atoms with E-state index in [0.29, 0.717) is 12.4 Å². The standard InChI is InChI=1S/C23H20N2O5S/c1-23-10-3-2-6-15(23)13(12-31-23)11-30-17-7-4-5-14-19(17)22(29)25(21(14)28)16-8-9-18(26)24-20(16)27/h2-7,10,12,15-16H,8-9,11H2,1H3,(H,24,26,27). The predicted molar refractivity (Wildman–Crippen MR) is 114 cm³/mol. The number of fused-ring (bicyclic) bond motifs is 2. The van der Waals surface area contributed by atoms with Gasteiger partial charge in [0, 0.05) is 17.1 Å². The number of nitrogens with zero attached hydrogens (tertiary/aromatic N) is 1. The van der Waals surface area contributed by atoms with Crippen LogP contribution in [0.25, 0.3) is 0 Å². The van der Waals surface area contributed by atoms with E-state index in [1.165, 1.54) is 0 Å². The molecule has 3 aliphatic heterocycles.